The van der Waals surface area contributed by atoms with Crippen LogP contribution in [0.25, 0.3) is 0 Å². The summed E-state index contributed by atoms with van der Waals surface area (Å²) >= 11 is 0. The summed E-state index contributed by atoms with van der Waals surface area (Å²) in [5, 5.41) is 0. The van der Waals surface area contributed by atoms with Crippen molar-refractivity contribution in [2.75, 3.05) is 0 Å². The second-order valence-corrected chi connectivity index (χ2v) is 7.11. The molecule has 116 valence electrons. The predicted molar refractivity (Wildman–Crippen MR) is 86.5 cm³/mol. The van der Waals surface area contributed by atoms with E-state index in [1.54, 1.807) is 0 Å². The molecule has 1 aliphatic carbocycles. The van der Waals surface area contributed by atoms with E-state index in [-0.39, 0.29) is 11.9 Å². The molecule has 21 heavy (non-hydrogen) atoms. The molecule has 0 radical (unpaired) electrons. The van der Waals surface area contributed by atoms with E-state index in [2.05, 4.69) is 33.8 Å². The summed E-state index contributed by atoms with van der Waals surface area (Å²) in [6.45, 7) is 12.9. The van der Waals surface area contributed by atoms with E-state index in [1.165, 1.54) is 5.56 Å². The van der Waals surface area contributed by atoms with Crippen LogP contribution < -0.4 is 4.74 Å². The fourth-order valence-electron chi connectivity index (χ4n) is 3.47. The van der Waals surface area contributed by atoms with E-state index in [0.717, 1.165) is 29.7 Å². The van der Waals surface area contributed by atoms with E-state index in [1.807, 2.05) is 19.9 Å². The van der Waals surface area contributed by atoms with E-state index in [9.17, 15) is 4.79 Å². The molecule has 0 amide bonds. The molecule has 0 spiro atoms. The Balaban J connectivity index is 2.12. The molecule has 0 aromatic heterocycles. The molecule has 1 saturated carbocycles. The second-order valence-electron chi connectivity index (χ2n) is 7.11. The molecule has 2 nitrogen and oxygen atoms in total. The Labute approximate surface area is 128 Å². The topological polar surface area (TPSA) is 26.3 Å². The van der Waals surface area contributed by atoms with Gasteiger partial charge in [0.2, 0.25) is 0 Å². The minimum atomic E-state index is -0.0475. The van der Waals surface area contributed by atoms with E-state index in [4.69, 9.17) is 4.74 Å². The smallest absolute Gasteiger partial charge is 0.314 e. The Morgan fingerprint density at radius 2 is 1.62 bits per heavy atom. The van der Waals surface area contributed by atoms with Crippen molar-refractivity contribution in [3.63, 3.8) is 0 Å². The average Bonchev–Trinajstić information content (AvgIpc) is 2.40. The molecule has 2 unspecified atom stereocenters. The molecule has 2 rings (SSSR count). The Bertz CT molecular complexity index is 521. The summed E-state index contributed by atoms with van der Waals surface area (Å²) < 4.78 is 5.74. The zero-order valence-corrected chi connectivity index (χ0v) is 14.2. The lowest BCUT2D eigenvalue weighted by Gasteiger charge is -2.36. The molecule has 0 bridgehead atoms. The molecule has 0 heterocycles. The van der Waals surface area contributed by atoms with Gasteiger partial charge < -0.3 is 4.74 Å². The maximum Gasteiger partial charge on any atom is 0.314 e. The summed E-state index contributed by atoms with van der Waals surface area (Å²) in [4.78, 5) is 12.5. The van der Waals surface area contributed by atoms with Crippen LogP contribution in [0.3, 0.4) is 0 Å². The molecule has 2 heteroatoms. The van der Waals surface area contributed by atoms with Gasteiger partial charge in [-0.05, 0) is 74.1 Å². The number of esters is 1. The van der Waals surface area contributed by atoms with Gasteiger partial charge in [0.1, 0.15) is 5.75 Å². The molecule has 1 aromatic carbocycles. The molecule has 1 aromatic rings. The fraction of sp³-hybridized carbons (Fsp3) is 0.632. The zero-order chi connectivity index (χ0) is 15.7. The first kappa shape index (κ1) is 16.1. The van der Waals surface area contributed by atoms with Gasteiger partial charge in [0.05, 0.1) is 5.92 Å². The van der Waals surface area contributed by atoms with E-state index in [0.29, 0.717) is 17.8 Å². The number of carbonyl (C=O) groups is 1. The summed E-state index contributed by atoms with van der Waals surface area (Å²) in [6, 6.07) is 4.09. The number of hydrogen-bond donors (Lipinski definition) is 0. The SMILES string of the molecule is Cc1cc(C)c(C)c(OC(=O)C2CC(C)C(C)C(C)C2)c1. The molecule has 0 aliphatic heterocycles. The van der Waals surface area contributed by atoms with Crippen molar-refractivity contribution < 1.29 is 9.53 Å². The Hall–Kier alpha value is -1.31. The molecule has 1 aliphatic rings. The predicted octanol–water partition coefficient (Wildman–Crippen LogP) is 4.84. The van der Waals surface area contributed by atoms with Gasteiger partial charge in [0.15, 0.2) is 0 Å². The van der Waals surface area contributed by atoms with Crippen LogP contribution in [0.1, 0.15) is 50.3 Å². The number of carbonyl (C=O) groups excluding carboxylic acids is 1. The Morgan fingerprint density at radius 1 is 1.05 bits per heavy atom. The van der Waals surface area contributed by atoms with Gasteiger partial charge in [0, 0.05) is 0 Å². The van der Waals surface area contributed by atoms with Crippen LogP contribution in [0.5, 0.6) is 5.75 Å². The van der Waals surface area contributed by atoms with Crippen molar-refractivity contribution in [2.45, 2.75) is 54.4 Å². The monoisotopic (exact) mass is 288 g/mol. The van der Waals surface area contributed by atoms with Gasteiger partial charge in [-0.1, -0.05) is 26.8 Å². The standard InChI is InChI=1S/C19H28O2/c1-11-7-12(2)16(6)18(8-11)21-19(20)17-9-13(3)15(5)14(4)10-17/h7-8,13-15,17H,9-10H2,1-6H3. The average molecular weight is 288 g/mol. The number of rotatable bonds is 2. The molecule has 2 atom stereocenters. The van der Waals surface area contributed by atoms with Crippen LogP contribution in [-0.2, 0) is 4.79 Å². The van der Waals surface area contributed by atoms with Crippen LogP contribution >= 0.6 is 0 Å². The lowest BCUT2D eigenvalue weighted by atomic mass is 9.70. The first-order valence-corrected chi connectivity index (χ1v) is 8.09. The normalized spacial score (nSPS) is 29.2. The largest absolute Gasteiger partial charge is 0.426 e. The quantitative estimate of drug-likeness (QED) is 0.575. The number of benzene rings is 1. The first-order valence-electron chi connectivity index (χ1n) is 8.09. The van der Waals surface area contributed by atoms with Crippen molar-refractivity contribution in [3.05, 3.63) is 28.8 Å². The van der Waals surface area contributed by atoms with Gasteiger partial charge in [-0.2, -0.15) is 0 Å². The number of ether oxygens (including phenoxy) is 1. The third-order valence-corrected chi connectivity index (χ3v) is 5.42. The van der Waals surface area contributed by atoms with Crippen molar-refractivity contribution in [2.24, 2.45) is 23.7 Å². The molecule has 1 fully saturated rings. The van der Waals surface area contributed by atoms with E-state index < -0.39 is 0 Å². The highest BCUT2D eigenvalue weighted by Gasteiger charge is 2.35. The van der Waals surface area contributed by atoms with Crippen molar-refractivity contribution in [1.29, 1.82) is 0 Å². The van der Waals surface area contributed by atoms with Crippen LogP contribution in [0.4, 0.5) is 0 Å². The van der Waals surface area contributed by atoms with Gasteiger partial charge in [0.25, 0.3) is 0 Å². The minimum Gasteiger partial charge on any atom is -0.426 e. The van der Waals surface area contributed by atoms with Crippen LogP contribution in [0, 0.1) is 44.4 Å². The molecular weight excluding hydrogens is 260 g/mol. The summed E-state index contributed by atoms with van der Waals surface area (Å²) in [5.41, 5.74) is 3.39. The van der Waals surface area contributed by atoms with Crippen molar-refractivity contribution in [1.82, 2.24) is 0 Å². The number of hydrogen-bond acceptors (Lipinski definition) is 2. The van der Waals surface area contributed by atoms with Gasteiger partial charge in [-0.3, -0.25) is 4.79 Å². The van der Waals surface area contributed by atoms with Crippen LogP contribution in [0.15, 0.2) is 12.1 Å². The maximum absolute atomic E-state index is 12.5. The maximum atomic E-state index is 12.5. The highest BCUT2D eigenvalue weighted by Crippen LogP contribution is 2.38. The molecule has 0 N–H and O–H groups in total. The third-order valence-electron chi connectivity index (χ3n) is 5.42. The summed E-state index contributed by atoms with van der Waals surface area (Å²) in [5.74, 6) is 2.60. The highest BCUT2D eigenvalue weighted by atomic mass is 16.5. The molecule has 0 saturated heterocycles. The third kappa shape index (κ3) is 3.48. The summed E-state index contributed by atoms with van der Waals surface area (Å²) in [7, 11) is 0. The van der Waals surface area contributed by atoms with Crippen molar-refractivity contribution >= 4 is 5.97 Å². The fourth-order valence-corrected chi connectivity index (χ4v) is 3.47. The lowest BCUT2D eigenvalue weighted by molar-refractivity contribution is -0.141. The van der Waals surface area contributed by atoms with Crippen molar-refractivity contribution in [3.8, 4) is 5.75 Å². The Kier molecular flexibility index (Phi) is 4.75. The highest BCUT2D eigenvalue weighted by molar-refractivity contribution is 5.76. The zero-order valence-electron chi connectivity index (χ0n) is 14.2. The van der Waals surface area contributed by atoms with E-state index >= 15 is 0 Å². The minimum absolute atomic E-state index is 0.0475. The van der Waals surface area contributed by atoms with Crippen LogP contribution in [-0.4, -0.2) is 5.97 Å². The first-order chi connectivity index (χ1) is 9.79. The second kappa shape index (κ2) is 6.21. The summed E-state index contributed by atoms with van der Waals surface area (Å²) in [6.07, 6.45) is 1.91. The van der Waals surface area contributed by atoms with Gasteiger partial charge in [-0.15, -0.1) is 0 Å². The lowest BCUT2D eigenvalue weighted by Crippen LogP contribution is -2.34. The number of aryl methyl sites for hydroxylation is 2. The van der Waals surface area contributed by atoms with Crippen LogP contribution in [0.2, 0.25) is 0 Å². The molecular formula is C19H28O2. The van der Waals surface area contributed by atoms with Gasteiger partial charge >= 0.3 is 5.97 Å². The Morgan fingerprint density at radius 3 is 2.19 bits per heavy atom. The van der Waals surface area contributed by atoms with Gasteiger partial charge in [-0.25, -0.2) is 0 Å².